The number of amides is 3. The second-order valence-electron chi connectivity index (χ2n) is 16.1. The van der Waals surface area contributed by atoms with Crippen molar-refractivity contribution in [2.45, 2.75) is 77.3 Å². The van der Waals surface area contributed by atoms with Crippen molar-refractivity contribution in [3.8, 4) is 28.1 Å². The van der Waals surface area contributed by atoms with E-state index in [0.717, 1.165) is 86.3 Å². The summed E-state index contributed by atoms with van der Waals surface area (Å²) in [5, 5.41) is 4.69. The Morgan fingerprint density at radius 2 is 1.81 bits per heavy atom. The third kappa shape index (κ3) is 7.28. The number of nitrogens with zero attached hydrogens (tertiary/aromatic N) is 4. The molecule has 59 heavy (non-hydrogen) atoms. The molecular weight excluding hydrogens is 747 g/mol. The normalized spacial score (nSPS) is 19.2. The topological polar surface area (TPSA) is 155 Å². The van der Waals surface area contributed by atoms with Crippen molar-refractivity contribution < 1.29 is 28.6 Å². The average molecular weight is 796 g/mol. The predicted molar refractivity (Wildman–Crippen MR) is 223 cm³/mol. The zero-order valence-corrected chi connectivity index (χ0v) is 33.8. The lowest BCUT2D eigenvalue weighted by Crippen LogP contribution is -2.51. The molecule has 6 aromatic rings. The number of benzene rings is 4. The van der Waals surface area contributed by atoms with Crippen LogP contribution in [0.1, 0.15) is 74.9 Å². The Morgan fingerprint density at radius 1 is 0.966 bits per heavy atom. The first kappa shape index (κ1) is 38.3. The lowest BCUT2D eigenvalue weighted by molar-refractivity contribution is -0.136. The van der Waals surface area contributed by atoms with Gasteiger partial charge in [-0.05, 0) is 77.6 Å². The fourth-order valence-electron chi connectivity index (χ4n) is 9.04. The molecule has 3 aliphatic rings. The van der Waals surface area contributed by atoms with Crippen LogP contribution in [0.4, 0.5) is 4.79 Å². The molecule has 0 radical (unpaired) electrons. The summed E-state index contributed by atoms with van der Waals surface area (Å²) in [6.07, 6.45) is 3.84. The maximum atomic E-state index is 14.0. The molecule has 3 aliphatic heterocycles. The van der Waals surface area contributed by atoms with E-state index in [2.05, 4.69) is 51.7 Å². The molecule has 5 heterocycles. The number of nitrogens with one attached hydrogen (secondary N) is 3. The highest BCUT2D eigenvalue weighted by molar-refractivity contribution is 6.07. The van der Waals surface area contributed by atoms with Crippen molar-refractivity contribution in [3.63, 3.8) is 0 Å². The third-order valence-electron chi connectivity index (χ3n) is 12.0. The number of rotatable bonds is 10. The van der Waals surface area contributed by atoms with Gasteiger partial charge in [-0.25, -0.2) is 14.8 Å². The monoisotopic (exact) mass is 795 g/mol. The van der Waals surface area contributed by atoms with Gasteiger partial charge in [0.15, 0.2) is 0 Å². The number of fused-ring (bicyclic) bond motifs is 6. The van der Waals surface area contributed by atoms with Crippen molar-refractivity contribution in [2.24, 2.45) is 5.92 Å². The number of carbonyl (C=O) groups excluding carboxylic acids is 3. The summed E-state index contributed by atoms with van der Waals surface area (Å²) in [5.41, 5.74) is 7.77. The molecule has 2 saturated heterocycles. The maximum absolute atomic E-state index is 14.0. The van der Waals surface area contributed by atoms with Crippen LogP contribution in [0.25, 0.3) is 44.2 Å². The Kier molecular flexibility index (Phi) is 10.3. The summed E-state index contributed by atoms with van der Waals surface area (Å²) in [4.78, 5) is 60.2. The lowest BCUT2D eigenvalue weighted by atomic mass is 9.92. The van der Waals surface area contributed by atoms with E-state index >= 15 is 0 Å². The zero-order chi connectivity index (χ0) is 40.8. The van der Waals surface area contributed by atoms with E-state index in [0.29, 0.717) is 38.4 Å². The number of carbonyl (C=O) groups is 3. The van der Waals surface area contributed by atoms with Crippen LogP contribution in [0.3, 0.4) is 0 Å². The first-order valence-electron chi connectivity index (χ1n) is 20.6. The van der Waals surface area contributed by atoms with E-state index < -0.39 is 12.1 Å². The Balaban J connectivity index is 0.971. The molecule has 4 aromatic carbocycles. The van der Waals surface area contributed by atoms with Crippen LogP contribution in [-0.4, -0.2) is 86.6 Å². The number of methoxy groups -OCH3 is 1. The Labute approximate surface area is 342 Å². The van der Waals surface area contributed by atoms with Gasteiger partial charge in [-0.3, -0.25) is 9.59 Å². The number of likely N-dealkylation sites (tertiary alicyclic amines) is 2. The van der Waals surface area contributed by atoms with Crippen LogP contribution in [0.5, 0.6) is 5.75 Å². The number of alkyl carbamates (subject to hydrolysis) is 1. The molecule has 13 nitrogen and oxygen atoms in total. The van der Waals surface area contributed by atoms with E-state index in [1.54, 1.807) is 4.90 Å². The molecule has 0 aliphatic carbocycles. The Bertz CT molecular complexity index is 2550. The van der Waals surface area contributed by atoms with Gasteiger partial charge in [-0.1, -0.05) is 62.4 Å². The van der Waals surface area contributed by atoms with Crippen LogP contribution < -0.4 is 10.1 Å². The Morgan fingerprint density at radius 3 is 2.61 bits per heavy atom. The number of H-pyrrole nitrogens is 2. The van der Waals surface area contributed by atoms with Crippen LogP contribution >= 0.6 is 0 Å². The van der Waals surface area contributed by atoms with Gasteiger partial charge in [-0.2, -0.15) is 0 Å². The fraction of sp³-hybridized carbons (Fsp3) is 0.370. The van der Waals surface area contributed by atoms with E-state index in [1.807, 2.05) is 68.3 Å². The molecule has 2 fully saturated rings. The van der Waals surface area contributed by atoms with E-state index in [1.165, 1.54) is 7.11 Å². The molecule has 0 bridgehead atoms. The van der Waals surface area contributed by atoms with Crippen LogP contribution in [-0.2, 0) is 32.1 Å². The molecule has 3 N–H and O–H groups in total. The van der Waals surface area contributed by atoms with Crippen LogP contribution in [0.15, 0.2) is 79.0 Å². The molecule has 2 aromatic heterocycles. The van der Waals surface area contributed by atoms with Gasteiger partial charge in [0.05, 0.1) is 54.6 Å². The minimum Gasteiger partial charge on any atom is -0.488 e. The van der Waals surface area contributed by atoms with Gasteiger partial charge in [0.1, 0.15) is 30.0 Å². The number of ether oxygens (including phenoxy) is 3. The second kappa shape index (κ2) is 15.9. The van der Waals surface area contributed by atoms with Crippen molar-refractivity contribution in [1.82, 2.24) is 35.1 Å². The summed E-state index contributed by atoms with van der Waals surface area (Å²) < 4.78 is 17.3. The fourth-order valence-corrected chi connectivity index (χ4v) is 9.04. The minimum atomic E-state index is -0.764. The molecule has 3 amide bonds. The van der Waals surface area contributed by atoms with Gasteiger partial charge in [-0.15, -0.1) is 0 Å². The highest BCUT2D eigenvalue weighted by atomic mass is 16.5. The van der Waals surface area contributed by atoms with E-state index in [-0.39, 0.29) is 35.9 Å². The van der Waals surface area contributed by atoms with Crippen molar-refractivity contribution in [3.05, 3.63) is 102 Å². The standard InChI is InChI=1S/C46H49N7O6/c1-5-58-31-21-38(53(24-31)45(55)41(26(2)3)51-46(56)57-4)44-48-35-16-14-28-20-34-32-15-13-29(19-30(32)25-59-39(34)22-33(28)42(35)50-44)36-23-47-43(49-36)37-12-9-17-52(37)40(54)18-27-10-7-6-8-11-27/h6-8,10-11,13-16,19-20,22-23,26,31,37-38,41H,5,9,12,17-18,21,24-25H2,1-4H3,(H,47,49)(H,48,50)(H,51,56)/t31-,37-,38-,41-/m0/s1. The van der Waals surface area contributed by atoms with Gasteiger partial charge in [0.25, 0.3) is 0 Å². The number of aromatic nitrogens is 4. The maximum Gasteiger partial charge on any atom is 0.407 e. The molecule has 0 unspecified atom stereocenters. The van der Waals surface area contributed by atoms with Gasteiger partial charge in [0.2, 0.25) is 11.8 Å². The first-order valence-corrected chi connectivity index (χ1v) is 20.6. The molecular formula is C46H49N7O6. The molecule has 9 rings (SSSR count). The largest absolute Gasteiger partial charge is 0.488 e. The van der Waals surface area contributed by atoms with E-state index in [4.69, 9.17) is 24.2 Å². The molecule has 304 valence electrons. The van der Waals surface area contributed by atoms with E-state index in [9.17, 15) is 14.4 Å². The summed E-state index contributed by atoms with van der Waals surface area (Å²) in [5.74, 6) is 2.02. The number of imidazole rings is 2. The van der Waals surface area contributed by atoms with Crippen LogP contribution in [0, 0.1) is 5.92 Å². The minimum absolute atomic E-state index is 0.0720. The lowest BCUT2D eigenvalue weighted by Gasteiger charge is -2.29. The second-order valence-corrected chi connectivity index (χ2v) is 16.1. The first-order chi connectivity index (χ1) is 28.7. The molecule has 4 atom stereocenters. The molecule has 0 saturated carbocycles. The SMILES string of the molecule is CCO[C@H]1C[C@@H](c2nc3c(ccc4cc5c(cc43)OCc3cc(-c4cnc([C@@H]6CCCN6C(=O)Cc6ccccc6)[nH]4)ccc3-5)[nH]2)N(C(=O)[C@@H](NC(=O)OC)C(C)C)C1. The summed E-state index contributed by atoms with van der Waals surface area (Å²) >= 11 is 0. The van der Waals surface area contributed by atoms with Crippen molar-refractivity contribution in [2.75, 3.05) is 26.8 Å². The average Bonchev–Trinajstić information content (AvgIpc) is 4.08. The highest BCUT2D eigenvalue weighted by Crippen LogP contribution is 2.43. The number of hydrogen-bond acceptors (Lipinski definition) is 8. The van der Waals surface area contributed by atoms with Crippen LogP contribution in [0.2, 0.25) is 0 Å². The third-order valence-corrected chi connectivity index (χ3v) is 12.0. The summed E-state index contributed by atoms with van der Waals surface area (Å²) in [6.45, 7) is 7.79. The molecule has 0 spiro atoms. The number of hydrogen-bond donors (Lipinski definition) is 3. The summed E-state index contributed by atoms with van der Waals surface area (Å²) in [7, 11) is 1.29. The number of aromatic amines is 2. The summed E-state index contributed by atoms with van der Waals surface area (Å²) in [6, 6.07) is 23.4. The Hall–Kier alpha value is -6.21. The van der Waals surface area contributed by atoms with Gasteiger partial charge >= 0.3 is 6.09 Å². The van der Waals surface area contributed by atoms with Crippen molar-refractivity contribution >= 4 is 39.7 Å². The smallest absolute Gasteiger partial charge is 0.407 e. The van der Waals surface area contributed by atoms with Gasteiger partial charge in [0, 0.05) is 37.1 Å². The quantitative estimate of drug-likeness (QED) is 0.128. The zero-order valence-electron chi connectivity index (χ0n) is 33.8. The molecule has 13 heteroatoms. The van der Waals surface area contributed by atoms with Crippen molar-refractivity contribution in [1.29, 1.82) is 0 Å². The predicted octanol–water partition coefficient (Wildman–Crippen LogP) is 7.63. The highest BCUT2D eigenvalue weighted by Gasteiger charge is 2.42. The van der Waals surface area contributed by atoms with Gasteiger partial charge < -0.3 is 39.3 Å².